The van der Waals surface area contributed by atoms with Gasteiger partial charge in [-0.15, -0.1) is 0 Å². The van der Waals surface area contributed by atoms with E-state index in [4.69, 9.17) is 4.74 Å². The third kappa shape index (κ3) is 6.48. The Morgan fingerprint density at radius 3 is 2.72 bits per heavy atom. The fourth-order valence-corrected chi connectivity index (χ4v) is 4.32. The lowest BCUT2D eigenvalue weighted by molar-refractivity contribution is -0.119. The number of amides is 1. The number of thioether (sulfide) groups is 1. The van der Waals surface area contributed by atoms with Crippen LogP contribution in [0.3, 0.4) is 0 Å². The number of carbonyl (C=O) groups excluding carboxylic acids is 1. The lowest BCUT2D eigenvalue weighted by atomic mass is 10.2. The van der Waals surface area contributed by atoms with Gasteiger partial charge in [-0.2, -0.15) is 16.9 Å². The number of halogens is 1. The predicted octanol–water partition coefficient (Wildman–Crippen LogP) is 2.86. The van der Waals surface area contributed by atoms with Crippen molar-refractivity contribution in [3.8, 4) is 5.75 Å². The van der Waals surface area contributed by atoms with Gasteiger partial charge < -0.3 is 4.74 Å². The van der Waals surface area contributed by atoms with Crippen LogP contribution in [0.25, 0.3) is 0 Å². The zero-order chi connectivity index (χ0) is 20.9. The van der Waals surface area contributed by atoms with Crippen LogP contribution in [0.15, 0.2) is 58.1 Å². The second-order valence-electron chi connectivity index (χ2n) is 6.39. The van der Waals surface area contributed by atoms with E-state index >= 15 is 0 Å². The van der Waals surface area contributed by atoms with E-state index in [1.807, 2.05) is 36.0 Å². The highest BCUT2D eigenvalue weighted by Gasteiger charge is 2.21. The van der Waals surface area contributed by atoms with E-state index in [0.717, 1.165) is 33.4 Å². The van der Waals surface area contributed by atoms with Gasteiger partial charge in [0, 0.05) is 16.0 Å². The minimum atomic E-state index is -3.64. The van der Waals surface area contributed by atoms with Crippen molar-refractivity contribution in [2.75, 3.05) is 28.6 Å². The third-order valence-electron chi connectivity index (χ3n) is 3.95. The average molecular weight is 498 g/mol. The zero-order valence-corrected chi connectivity index (χ0v) is 18.8. The summed E-state index contributed by atoms with van der Waals surface area (Å²) in [5.74, 6) is 2.18. The molecule has 1 saturated heterocycles. The number of hydrazone groups is 1. The maximum absolute atomic E-state index is 12.2. The molecule has 0 saturated carbocycles. The van der Waals surface area contributed by atoms with Crippen molar-refractivity contribution in [1.29, 1.82) is 0 Å². The van der Waals surface area contributed by atoms with Crippen molar-refractivity contribution in [1.82, 2.24) is 5.43 Å². The van der Waals surface area contributed by atoms with Crippen molar-refractivity contribution < 1.29 is 17.9 Å². The van der Waals surface area contributed by atoms with E-state index in [2.05, 4.69) is 26.5 Å². The number of carbonyl (C=O) groups is 1. The monoisotopic (exact) mass is 497 g/mol. The molecule has 0 unspecified atom stereocenters. The van der Waals surface area contributed by atoms with E-state index in [-0.39, 0.29) is 12.6 Å². The Morgan fingerprint density at radius 2 is 2.07 bits per heavy atom. The Kier molecular flexibility index (Phi) is 7.20. The normalized spacial score (nSPS) is 14.4. The quantitative estimate of drug-likeness (QED) is 0.447. The van der Waals surface area contributed by atoms with Crippen LogP contribution in [0.5, 0.6) is 5.75 Å². The van der Waals surface area contributed by atoms with Crippen molar-refractivity contribution in [2.45, 2.75) is 6.10 Å². The Balaban J connectivity index is 1.61. The first-order valence-electron chi connectivity index (χ1n) is 8.71. The SMILES string of the molecule is CS(=O)(=O)N(CC(=O)N/N=C\c1cccc(OC2CSC2)c1)c1cccc(Br)c1. The van der Waals surface area contributed by atoms with Crippen LogP contribution in [0.2, 0.25) is 0 Å². The second kappa shape index (κ2) is 9.64. The summed E-state index contributed by atoms with van der Waals surface area (Å²) in [7, 11) is -3.64. The highest BCUT2D eigenvalue weighted by Crippen LogP contribution is 2.24. The summed E-state index contributed by atoms with van der Waals surface area (Å²) in [6, 6.07) is 14.1. The van der Waals surface area contributed by atoms with Crippen LogP contribution >= 0.6 is 27.7 Å². The highest BCUT2D eigenvalue weighted by atomic mass is 79.9. The maximum atomic E-state index is 12.2. The van der Waals surface area contributed by atoms with Gasteiger partial charge in [-0.25, -0.2) is 13.8 Å². The van der Waals surface area contributed by atoms with E-state index in [0.29, 0.717) is 10.2 Å². The van der Waals surface area contributed by atoms with E-state index < -0.39 is 15.9 Å². The van der Waals surface area contributed by atoms with Crippen molar-refractivity contribution in [2.24, 2.45) is 5.10 Å². The lowest BCUT2D eigenvalue weighted by Crippen LogP contribution is -2.39. The molecule has 0 aliphatic carbocycles. The number of sulfonamides is 1. The summed E-state index contributed by atoms with van der Waals surface area (Å²) in [5, 5.41) is 3.93. The van der Waals surface area contributed by atoms with Crippen LogP contribution in [0, 0.1) is 0 Å². The van der Waals surface area contributed by atoms with Crippen LogP contribution in [0.4, 0.5) is 5.69 Å². The Bertz CT molecular complexity index is 1010. The number of hydrogen-bond donors (Lipinski definition) is 1. The van der Waals surface area contributed by atoms with Gasteiger partial charge in [-0.05, 0) is 35.9 Å². The summed E-state index contributed by atoms with van der Waals surface area (Å²) < 4.78 is 31.8. The molecule has 1 aliphatic heterocycles. The number of nitrogens with one attached hydrogen (secondary N) is 1. The molecule has 1 fully saturated rings. The predicted molar refractivity (Wildman–Crippen MR) is 120 cm³/mol. The number of rotatable bonds is 8. The maximum Gasteiger partial charge on any atom is 0.260 e. The molecule has 0 bridgehead atoms. The third-order valence-corrected chi connectivity index (χ3v) is 6.80. The second-order valence-corrected chi connectivity index (χ2v) is 10.3. The molecular formula is C19H20BrN3O4S2. The van der Waals surface area contributed by atoms with Gasteiger partial charge in [0.15, 0.2) is 0 Å². The molecule has 0 radical (unpaired) electrons. The molecule has 0 spiro atoms. The fourth-order valence-electron chi connectivity index (χ4n) is 2.52. The van der Waals surface area contributed by atoms with Gasteiger partial charge in [0.2, 0.25) is 10.0 Å². The topological polar surface area (TPSA) is 88.1 Å². The van der Waals surface area contributed by atoms with Crippen LogP contribution in [0.1, 0.15) is 5.56 Å². The van der Waals surface area contributed by atoms with Crippen LogP contribution < -0.4 is 14.5 Å². The first-order chi connectivity index (χ1) is 13.8. The largest absolute Gasteiger partial charge is 0.489 e. The number of ether oxygens (including phenoxy) is 1. The van der Waals surface area contributed by atoms with Gasteiger partial charge in [0.25, 0.3) is 5.91 Å². The molecule has 7 nitrogen and oxygen atoms in total. The number of anilines is 1. The minimum absolute atomic E-state index is 0.242. The van der Waals surface area contributed by atoms with Gasteiger partial charge in [-0.1, -0.05) is 34.1 Å². The molecule has 1 N–H and O–H groups in total. The fraction of sp³-hybridized carbons (Fsp3) is 0.263. The smallest absolute Gasteiger partial charge is 0.260 e. The first-order valence-corrected chi connectivity index (χ1v) is 12.5. The van der Waals surface area contributed by atoms with Gasteiger partial charge >= 0.3 is 0 Å². The molecule has 1 amide bonds. The molecule has 154 valence electrons. The molecular weight excluding hydrogens is 478 g/mol. The molecule has 10 heteroatoms. The summed E-state index contributed by atoms with van der Waals surface area (Å²) in [6.45, 7) is -0.380. The molecule has 0 atom stereocenters. The Hall–Kier alpha value is -2.04. The van der Waals surface area contributed by atoms with Crippen LogP contribution in [-0.4, -0.2) is 50.9 Å². The number of benzene rings is 2. The molecule has 3 rings (SSSR count). The summed E-state index contributed by atoms with van der Waals surface area (Å²) in [4.78, 5) is 12.2. The number of hydrogen-bond acceptors (Lipinski definition) is 6. The van der Waals surface area contributed by atoms with Crippen molar-refractivity contribution >= 4 is 55.5 Å². The van der Waals surface area contributed by atoms with E-state index in [1.165, 1.54) is 6.21 Å². The number of nitrogens with zero attached hydrogens (tertiary/aromatic N) is 2. The highest BCUT2D eigenvalue weighted by molar-refractivity contribution is 9.10. The molecule has 1 aliphatic rings. The molecule has 2 aromatic carbocycles. The van der Waals surface area contributed by atoms with E-state index in [9.17, 15) is 13.2 Å². The van der Waals surface area contributed by atoms with Crippen molar-refractivity contribution in [3.63, 3.8) is 0 Å². The summed E-state index contributed by atoms with van der Waals surface area (Å²) in [5.41, 5.74) is 3.52. The zero-order valence-electron chi connectivity index (χ0n) is 15.6. The minimum Gasteiger partial charge on any atom is -0.489 e. The standard InChI is InChI=1S/C19H20BrN3O4S2/c1-29(25,26)23(16-6-3-5-15(20)9-16)11-19(24)22-21-10-14-4-2-7-17(8-14)27-18-12-28-13-18/h2-10,18H,11-13H2,1H3,(H,22,24)/b21-10-. The van der Waals surface area contributed by atoms with Crippen molar-refractivity contribution in [3.05, 3.63) is 58.6 Å². The summed E-state index contributed by atoms with van der Waals surface area (Å²) >= 11 is 5.15. The van der Waals surface area contributed by atoms with Gasteiger partial charge in [0.05, 0.1) is 18.2 Å². The molecule has 0 aromatic heterocycles. The Morgan fingerprint density at radius 1 is 1.31 bits per heavy atom. The van der Waals surface area contributed by atoms with Gasteiger partial charge in [-0.3, -0.25) is 9.10 Å². The average Bonchev–Trinajstić information content (AvgIpc) is 2.62. The molecule has 2 aromatic rings. The van der Waals surface area contributed by atoms with Gasteiger partial charge in [0.1, 0.15) is 18.4 Å². The first kappa shape index (κ1) is 21.7. The van der Waals surface area contributed by atoms with E-state index in [1.54, 1.807) is 24.3 Å². The lowest BCUT2D eigenvalue weighted by Gasteiger charge is -2.25. The Labute approximate surface area is 182 Å². The molecule has 29 heavy (non-hydrogen) atoms. The van der Waals surface area contributed by atoms with Crippen LogP contribution in [-0.2, 0) is 14.8 Å². The summed E-state index contributed by atoms with van der Waals surface area (Å²) in [6.07, 6.45) is 2.78. The molecule has 1 heterocycles.